The van der Waals surface area contributed by atoms with Crippen molar-refractivity contribution in [1.29, 1.82) is 0 Å². The molecule has 1 aliphatic rings. The van der Waals surface area contributed by atoms with Crippen LogP contribution < -0.4 is 10.6 Å². The molecule has 2 aromatic rings. The fraction of sp³-hybridized carbons (Fsp3) is 0.353. The number of nitrogens with one attached hydrogen (secondary N) is 2. The number of carbonyl (C=O) groups is 1. The Hall–Kier alpha value is -1.89. The molecule has 0 spiro atoms. The number of hydrogen-bond acceptors (Lipinski definition) is 5. The zero-order chi connectivity index (χ0) is 17.8. The fourth-order valence-corrected chi connectivity index (χ4v) is 3.09. The number of nitrogens with zero attached hydrogens (tertiary/aromatic N) is 2. The van der Waals surface area contributed by atoms with Crippen molar-refractivity contribution in [2.24, 2.45) is 0 Å². The van der Waals surface area contributed by atoms with Gasteiger partial charge in [-0.05, 0) is 31.9 Å². The highest BCUT2D eigenvalue weighted by Gasteiger charge is 2.18. The van der Waals surface area contributed by atoms with Crippen molar-refractivity contribution < 1.29 is 9.53 Å². The monoisotopic (exact) mass is 380 g/mol. The van der Waals surface area contributed by atoms with Crippen LogP contribution >= 0.6 is 23.2 Å². The van der Waals surface area contributed by atoms with Crippen LogP contribution in [0.1, 0.15) is 29.2 Å². The molecule has 8 heteroatoms. The number of carbonyl (C=O) groups excluding carboxylic acids is 1. The minimum atomic E-state index is -0.269. The van der Waals surface area contributed by atoms with Gasteiger partial charge >= 0.3 is 0 Å². The minimum absolute atomic E-state index is 0.0754. The molecule has 0 radical (unpaired) electrons. The average molecular weight is 381 g/mol. The molecule has 132 valence electrons. The van der Waals surface area contributed by atoms with E-state index in [-0.39, 0.29) is 17.7 Å². The second kappa shape index (κ2) is 7.99. The van der Waals surface area contributed by atoms with Crippen molar-refractivity contribution in [2.75, 3.05) is 18.5 Å². The summed E-state index contributed by atoms with van der Waals surface area (Å²) in [5.74, 6) is 0.648. The third kappa shape index (κ3) is 4.60. The van der Waals surface area contributed by atoms with Gasteiger partial charge in [0, 0.05) is 19.2 Å². The number of amides is 1. The summed E-state index contributed by atoms with van der Waals surface area (Å²) in [4.78, 5) is 20.8. The first-order valence-corrected chi connectivity index (χ1v) is 8.75. The molecule has 1 aliphatic heterocycles. The molecule has 2 heterocycles. The molecule has 2 N–H and O–H groups in total. The van der Waals surface area contributed by atoms with Gasteiger partial charge in [-0.25, -0.2) is 9.97 Å². The smallest absolute Gasteiger partial charge is 0.270 e. The van der Waals surface area contributed by atoms with Crippen molar-refractivity contribution in [3.63, 3.8) is 0 Å². The third-order valence-corrected chi connectivity index (χ3v) is 4.43. The molecular weight excluding hydrogens is 363 g/mol. The maximum Gasteiger partial charge on any atom is 0.270 e. The Kier molecular flexibility index (Phi) is 5.73. The molecule has 1 aromatic carbocycles. The Balaban J connectivity index is 1.74. The topological polar surface area (TPSA) is 76.1 Å². The summed E-state index contributed by atoms with van der Waals surface area (Å²) < 4.78 is 5.50. The lowest BCUT2D eigenvalue weighted by molar-refractivity contribution is 0.0853. The number of para-hydroxylation sites is 1. The Labute approximate surface area is 155 Å². The van der Waals surface area contributed by atoms with Crippen LogP contribution in [0.25, 0.3) is 0 Å². The Morgan fingerprint density at radius 2 is 2.08 bits per heavy atom. The Bertz CT molecular complexity index is 759. The van der Waals surface area contributed by atoms with Crippen molar-refractivity contribution >= 4 is 40.6 Å². The number of ether oxygens (including phenoxy) is 1. The lowest BCUT2D eigenvalue weighted by Crippen LogP contribution is -2.32. The van der Waals surface area contributed by atoms with E-state index in [0.717, 1.165) is 19.4 Å². The minimum Gasteiger partial charge on any atom is -0.376 e. The van der Waals surface area contributed by atoms with Gasteiger partial charge in [-0.15, -0.1) is 0 Å². The third-order valence-electron chi connectivity index (χ3n) is 3.80. The van der Waals surface area contributed by atoms with Gasteiger partial charge in [-0.3, -0.25) is 4.79 Å². The van der Waals surface area contributed by atoms with Crippen molar-refractivity contribution in [1.82, 2.24) is 15.3 Å². The quantitative estimate of drug-likeness (QED) is 0.825. The summed E-state index contributed by atoms with van der Waals surface area (Å²) in [6, 6.07) is 6.76. The van der Waals surface area contributed by atoms with Crippen LogP contribution in [0.5, 0.6) is 0 Å². The molecule has 3 rings (SSSR count). The molecule has 6 nitrogen and oxygen atoms in total. The average Bonchev–Trinajstić information content (AvgIpc) is 3.09. The molecule has 0 bridgehead atoms. The van der Waals surface area contributed by atoms with Crippen molar-refractivity contribution in [2.45, 2.75) is 25.9 Å². The molecule has 1 fully saturated rings. The van der Waals surface area contributed by atoms with Gasteiger partial charge in [-0.1, -0.05) is 29.3 Å². The predicted octanol–water partition coefficient (Wildman–Crippen LogP) is 3.74. The van der Waals surface area contributed by atoms with E-state index in [0.29, 0.717) is 33.9 Å². The van der Waals surface area contributed by atoms with Gasteiger partial charge < -0.3 is 15.4 Å². The van der Waals surface area contributed by atoms with Crippen LogP contribution in [-0.4, -0.2) is 35.1 Å². The standard InChI is InChI=1S/C17H18Cl2N4O2/c1-10-21-14(17(24)20-9-11-4-3-7-25-11)8-15(22-10)23-16-12(18)5-2-6-13(16)19/h2,5-6,8,11H,3-4,7,9H2,1H3,(H,20,24)(H,21,22,23). The van der Waals surface area contributed by atoms with Crippen LogP contribution in [0.2, 0.25) is 10.0 Å². The summed E-state index contributed by atoms with van der Waals surface area (Å²) in [6.07, 6.45) is 2.06. The first kappa shape index (κ1) is 17.9. The van der Waals surface area contributed by atoms with Gasteiger partial charge in [0.2, 0.25) is 0 Å². The van der Waals surface area contributed by atoms with Crippen molar-refractivity contribution in [3.8, 4) is 0 Å². The first-order valence-electron chi connectivity index (χ1n) is 7.99. The van der Waals surface area contributed by atoms with Gasteiger partial charge in [0.05, 0.1) is 21.8 Å². The molecule has 1 amide bonds. The van der Waals surface area contributed by atoms with E-state index < -0.39 is 0 Å². The number of halogens is 2. The van der Waals surface area contributed by atoms with E-state index in [1.807, 2.05) is 0 Å². The fourth-order valence-electron chi connectivity index (χ4n) is 2.60. The van der Waals surface area contributed by atoms with E-state index in [4.69, 9.17) is 27.9 Å². The van der Waals surface area contributed by atoms with Crippen LogP contribution in [0.15, 0.2) is 24.3 Å². The van der Waals surface area contributed by atoms with Crippen LogP contribution in [0.4, 0.5) is 11.5 Å². The van der Waals surface area contributed by atoms with Crippen LogP contribution in [0, 0.1) is 6.92 Å². The number of aromatic nitrogens is 2. The Morgan fingerprint density at radius 3 is 2.76 bits per heavy atom. The highest BCUT2D eigenvalue weighted by atomic mass is 35.5. The Morgan fingerprint density at radius 1 is 1.32 bits per heavy atom. The van der Waals surface area contributed by atoms with E-state index in [1.54, 1.807) is 31.2 Å². The van der Waals surface area contributed by atoms with Gasteiger partial charge in [0.1, 0.15) is 17.3 Å². The van der Waals surface area contributed by atoms with Gasteiger partial charge in [0.15, 0.2) is 0 Å². The predicted molar refractivity (Wildman–Crippen MR) is 97.8 cm³/mol. The van der Waals surface area contributed by atoms with Crippen LogP contribution in [0.3, 0.4) is 0 Å². The lowest BCUT2D eigenvalue weighted by Gasteiger charge is -2.13. The molecule has 1 unspecified atom stereocenters. The normalized spacial score (nSPS) is 16.7. The molecule has 0 aliphatic carbocycles. The molecular formula is C17H18Cl2N4O2. The summed E-state index contributed by atoms with van der Waals surface area (Å²) >= 11 is 12.3. The largest absolute Gasteiger partial charge is 0.376 e. The lowest BCUT2D eigenvalue weighted by atomic mass is 10.2. The van der Waals surface area contributed by atoms with Gasteiger partial charge in [-0.2, -0.15) is 0 Å². The molecule has 1 saturated heterocycles. The first-order chi connectivity index (χ1) is 12.0. The number of aryl methyl sites for hydroxylation is 1. The molecule has 25 heavy (non-hydrogen) atoms. The number of hydrogen-bond donors (Lipinski definition) is 2. The van der Waals surface area contributed by atoms with E-state index in [2.05, 4.69) is 20.6 Å². The maximum absolute atomic E-state index is 12.4. The van der Waals surface area contributed by atoms with Crippen molar-refractivity contribution in [3.05, 3.63) is 45.8 Å². The number of anilines is 2. The summed E-state index contributed by atoms with van der Waals surface area (Å²) in [7, 11) is 0. The summed E-state index contributed by atoms with van der Waals surface area (Å²) in [6.45, 7) is 2.94. The molecule has 1 aromatic heterocycles. The highest BCUT2D eigenvalue weighted by Crippen LogP contribution is 2.32. The van der Waals surface area contributed by atoms with E-state index in [1.165, 1.54) is 0 Å². The molecule has 0 saturated carbocycles. The summed E-state index contributed by atoms with van der Waals surface area (Å²) in [5, 5.41) is 6.83. The SMILES string of the molecule is Cc1nc(Nc2c(Cl)cccc2Cl)cc(C(=O)NCC2CCCO2)n1. The maximum atomic E-state index is 12.4. The summed E-state index contributed by atoms with van der Waals surface area (Å²) in [5.41, 5.74) is 0.811. The highest BCUT2D eigenvalue weighted by molar-refractivity contribution is 6.39. The van der Waals surface area contributed by atoms with Gasteiger partial charge in [0.25, 0.3) is 5.91 Å². The van der Waals surface area contributed by atoms with Crippen LogP contribution in [-0.2, 0) is 4.74 Å². The number of benzene rings is 1. The number of rotatable bonds is 5. The second-order valence-corrected chi connectivity index (χ2v) is 6.57. The van der Waals surface area contributed by atoms with E-state index in [9.17, 15) is 4.79 Å². The van der Waals surface area contributed by atoms with E-state index >= 15 is 0 Å². The zero-order valence-electron chi connectivity index (χ0n) is 13.7. The zero-order valence-corrected chi connectivity index (χ0v) is 15.2. The second-order valence-electron chi connectivity index (χ2n) is 5.75. The molecule has 1 atom stereocenters.